The highest BCUT2D eigenvalue weighted by molar-refractivity contribution is 7.99. The molecular weight excluding hydrogens is 454 g/mol. The van der Waals surface area contributed by atoms with E-state index in [1.807, 2.05) is 41.0 Å². The van der Waals surface area contributed by atoms with Gasteiger partial charge in [-0.1, -0.05) is 36.9 Å². The maximum atomic E-state index is 12.8. The maximum Gasteiger partial charge on any atom is 0.235 e. The van der Waals surface area contributed by atoms with Crippen molar-refractivity contribution in [1.82, 2.24) is 14.8 Å². The van der Waals surface area contributed by atoms with E-state index in [0.717, 1.165) is 30.5 Å². The lowest BCUT2D eigenvalue weighted by Crippen LogP contribution is -2.14. The fraction of sp³-hybridized carbons (Fsp3) is 0.250. The minimum atomic E-state index is -0.176. The molecule has 7 nitrogen and oxygen atoms in total. The molecule has 0 radical (unpaired) electrons. The Balaban J connectivity index is 1.35. The normalized spacial score (nSPS) is 15.1. The molecule has 1 aliphatic carbocycles. The van der Waals surface area contributed by atoms with Gasteiger partial charge in [0.25, 0.3) is 0 Å². The molecule has 166 valence electrons. The number of hydrogen-bond donors (Lipinski definition) is 1. The number of furan rings is 1. The van der Waals surface area contributed by atoms with Gasteiger partial charge >= 0.3 is 0 Å². The number of amides is 1. The number of nitrogens with zero attached hydrogens (tertiary/aromatic N) is 4. The second-order valence-corrected chi connectivity index (χ2v) is 10.0. The number of aromatic nitrogens is 3. The third-order valence-corrected chi connectivity index (χ3v) is 7.70. The van der Waals surface area contributed by atoms with E-state index in [1.54, 1.807) is 12.3 Å². The van der Waals surface area contributed by atoms with Crippen LogP contribution in [0.5, 0.6) is 0 Å². The van der Waals surface area contributed by atoms with Crippen LogP contribution in [-0.2, 0) is 17.6 Å². The third kappa shape index (κ3) is 4.32. The van der Waals surface area contributed by atoms with Gasteiger partial charge < -0.3 is 9.73 Å². The van der Waals surface area contributed by atoms with Gasteiger partial charge in [-0.15, -0.1) is 21.5 Å². The molecule has 33 heavy (non-hydrogen) atoms. The number of thioether (sulfide) groups is 1. The molecule has 4 aromatic rings. The summed E-state index contributed by atoms with van der Waals surface area (Å²) < 4.78 is 7.41. The van der Waals surface area contributed by atoms with Crippen LogP contribution in [0.25, 0.3) is 17.3 Å². The van der Waals surface area contributed by atoms with E-state index < -0.39 is 0 Å². The number of benzene rings is 1. The van der Waals surface area contributed by atoms with E-state index in [9.17, 15) is 10.1 Å². The number of para-hydroxylation sites is 1. The predicted octanol–water partition coefficient (Wildman–Crippen LogP) is 5.32. The highest BCUT2D eigenvalue weighted by Crippen LogP contribution is 2.39. The number of nitrogens with one attached hydrogen (secondary N) is 1. The summed E-state index contributed by atoms with van der Waals surface area (Å²) >= 11 is 2.83. The van der Waals surface area contributed by atoms with Crippen LogP contribution in [0.3, 0.4) is 0 Å². The van der Waals surface area contributed by atoms with Crippen molar-refractivity contribution in [3.8, 4) is 23.3 Å². The highest BCUT2D eigenvalue weighted by Gasteiger charge is 2.25. The van der Waals surface area contributed by atoms with Gasteiger partial charge in [-0.2, -0.15) is 5.26 Å². The molecule has 1 amide bonds. The molecule has 0 fully saturated rings. The van der Waals surface area contributed by atoms with Crippen LogP contribution >= 0.6 is 23.1 Å². The van der Waals surface area contributed by atoms with Crippen molar-refractivity contribution in [1.29, 1.82) is 5.26 Å². The third-order valence-electron chi connectivity index (χ3n) is 5.60. The molecule has 5 rings (SSSR count). The van der Waals surface area contributed by atoms with Crippen LogP contribution in [0.1, 0.15) is 29.3 Å². The van der Waals surface area contributed by atoms with Gasteiger partial charge in [-0.05, 0) is 55.0 Å². The molecule has 3 aromatic heterocycles. The first-order chi connectivity index (χ1) is 16.1. The Morgan fingerprint density at radius 1 is 1.30 bits per heavy atom. The molecule has 3 heterocycles. The summed E-state index contributed by atoms with van der Waals surface area (Å²) in [5, 5.41) is 22.5. The zero-order valence-electron chi connectivity index (χ0n) is 17.9. The van der Waals surface area contributed by atoms with Gasteiger partial charge in [0.15, 0.2) is 10.9 Å². The van der Waals surface area contributed by atoms with E-state index in [2.05, 4.69) is 28.5 Å². The first-order valence-corrected chi connectivity index (χ1v) is 12.5. The summed E-state index contributed by atoms with van der Waals surface area (Å²) in [4.78, 5) is 14.0. The van der Waals surface area contributed by atoms with E-state index in [-0.39, 0.29) is 11.7 Å². The zero-order chi connectivity index (χ0) is 22.8. The monoisotopic (exact) mass is 475 g/mol. The standard InChI is InChI=1S/C24H21N5O2S2/c1-15-9-10-17-18(13-25)23(33-20(17)12-15)26-21(30)14-32-24-28-27-22(19-8-5-11-31-19)29(24)16-6-3-2-4-7-16/h2-8,11,15H,9-10,12,14H2,1H3,(H,26,30). The van der Waals surface area contributed by atoms with Gasteiger partial charge in [0.2, 0.25) is 11.7 Å². The van der Waals surface area contributed by atoms with E-state index in [0.29, 0.717) is 33.2 Å². The minimum Gasteiger partial charge on any atom is -0.461 e. The summed E-state index contributed by atoms with van der Waals surface area (Å²) in [6.07, 6.45) is 4.54. The van der Waals surface area contributed by atoms with E-state index >= 15 is 0 Å². The van der Waals surface area contributed by atoms with Crippen molar-refractivity contribution < 1.29 is 9.21 Å². The van der Waals surface area contributed by atoms with Crippen molar-refractivity contribution in [2.45, 2.75) is 31.3 Å². The maximum absolute atomic E-state index is 12.8. The van der Waals surface area contributed by atoms with Gasteiger partial charge in [0, 0.05) is 10.6 Å². The van der Waals surface area contributed by atoms with Gasteiger partial charge in [-0.25, -0.2) is 0 Å². The number of hydrogen-bond acceptors (Lipinski definition) is 7. The molecule has 0 aliphatic heterocycles. The van der Waals surface area contributed by atoms with Gasteiger partial charge in [0.1, 0.15) is 11.1 Å². The Kier molecular flexibility index (Phi) is 6.03. The Labute approximate surface area is 199 Å². The van der Waals surface area contributed by atoms with Crippen molar-refractivity contribution in [3.63, 3.8) is 0 Å². The molecule has 0 saturated carbocycles. The van der Waals surface area contributed by atoms with Crippen molar-refractivity contribution in [3.05, 3.63) is 64.7 Å². The highest BCUT2D eigenvalue weighted by atomic mass is 32.2. The predicted molar refractivity (Wildman–Crippen MR) is 129 cm³/mol. The first kappa shape index (κ1) is 21.5. The number of anilines is 1. The Morgan fingerprint density at radius 2 is 2.15 bits per heavy atom. The number of carbonyl (C=O) groups is 1. The van der Waals surface area contributed by atoms with E-state index in [1.165, 1.54) is 28.0 Å². The average Bonchev–Trinajstić information content (AvgIpc) is 3.56. The van der Waals surface area contributed by atoms with Crippen LogP contribution in [0, 0.1) is 17.2 Å². The number of carbonyl (C=O) groups excluding carboxylic acids is 1. The van der Waals surface area contributed by atoms with Gasteiger partial charge in [0.05, 0.1) is 17.6 Å². The topological polar surface area (TPSA) is 96.7 Å². The number of rotatable bonds is 6. The molecule has 1 aromatic carbocycles. The van der Waals surface area contributed by atoms with E-state index in [4.69, 9.17) is 4.42 Å². The summed E-state index contributed by atoms with van der Waals surface area (Å²) in [6, 6.07) is 15.6. The molecular formula is C24H21N5O2S2. The zero-order valence-corrected chi connectivity index (χ0v) is 19.6. The van der Waals surface area contributed by atoms with Crippen molar-refractivity contribution >= 4 is 34.0 Å². The number of fused-ring (bicyclic) bond motifs is 1. The summed E-state index contributed by atoms with van der Waals surface area (Å²) in [5.41, 5.74) is 2.60. The van der Waals surface area contributed by atoms with Gasteiger partial charge in [-0.3, -0.25) is 9.36 Å². The molecule has 0 bridgehead atoms. The lowest BCUT2D eigenvalue weighted by atomic mass is 9.89. The van der Waals surface area contributed by atoms with Crippen LogP contribution < -0.4 is 5.32 Å². The van der Waals surface area contributed by atoms with Crippen molar-refractivity contribution in [2.24, 2.45) is 5.92 Å². The smallest absolute Gasteiger partial charge is 0.235 e. The molecule has 1 N–H and O–H groups in total. The minimum absolute atomic E-state index is 0.146. The molecule has 1 atom stereocenters. The molecule has 0 spiro atoms. The fourth-order valence-electron chi connectivity index (χ4n) is 3.99. The number of thiophene rings is 1. The SMILES string of the molecule is CC1CCc2c(sc(NC(=O)CSc3nnc(-c4ccco4)n3-c3ccccc3)c2C#N)C1. The Bertz CT molecular complexity index is 1320. The molecule has 1 unspecified atom stereocenters. The second kappa shape index (κ2) is 9.25. The lowest BCUT2D eigenvalue weighted by molar-refractivity contribution is -0.113. The summed E-state index contributed by atoms with van der Waals surface area (Å²) in [5.74, 6) is 1.74. The summed E-state index contributed by atoms with van der Waals surface area (Å²) in [7, 11) is 0. The average molecular weight is 476 g/mol. The first-order valence-electron chi connectivity index (χ1n) is 10.7. The largest absolute Gasteiger partial charge is 0.461 e. The van der Waals surface area contributed by atoms with Crippen LogP contribution in [-0.4, -0.2) is 26.4 Å². The Hall–Kier alpha value is -3.35. The lowest BCUT2D eigenvalue weighted by Gasteiger charge is -2.17. The van der Waals surface area contributed by atoms with Crippen LogP contribution in [0.2, 0.25) is 0 Å². The fourth-order valence-corrected chi connectivity index (χ4v) is 6.12. The summed E-state index contributed by atoms with van der Waals surface area (Å²) in [6.45, 7) is 2.23. The molecule has 1 aliphatic rings. The van der Waals surface area contributed by atoms with Crippen molar-refractivity contribution in [2.75, 3.05) is 11.1 Å². The Morgan fingerprint density at radius 3 is 2.91 bits per heavy atom. The second-order valence-electron chi connectivity index (χ2n) is 7.96. The quantitative estimate of drug-likeness (QED) is 0.379. The number of nitriles is 1. The molecule has 0 saturated heterocycles. The molecule has 9 heteroatoms. The van der Waals surface area contributed by atoms with Crippen LogP contribution in [0.4, 0.5) is 5.00 Å². The van der Waals surface area contributed by atoms with Crippen LogP contribution in [0.15, 0.2) is 58.3 Å².